The van der Waals surface area contributed by atoms with Gasteiger partial charge in [-0.3, -0.25) is 10.1 Å². The van der Waals surface area contributed by atoms with Crippen molar-refractivity contribution in [1.82, 2.24) is 20.8 Å². The zero-order chi connectivity index (χ0) is 16.8. The fraction of sp³-hybridized carbons (Fsp3) is 0.200. The number of anilines is 1. The van der Waals surface area contributed by atoms with E-state index in [1.807, 2.05) is 0 Å². The van der Waals surface area contributed by atoms with Gasteiger partial charge in [0.15, 0.2) is 0 Å². The van der Waals surface area contributed by atoms with E-state index in [4.69, 9.17) is 10.2 Å². The van der Waals surface area contributed by atoms with Gasteiger partial charge in [0.1, 0.15) is 6.04 Å². The lowest BCUT2D eigenvalue weighted by atomic mass is 10.1. The highest BCUT2D eigenvalue weighted by Gasteiger charge is 2.28. The average Bonchev–Trinajstić information content (AvgIpc) is 3.06. The van der Waals surface area contributed by atoms with E-state index in [-0.39, 0.29) is 24.2 Å². The Hall–Kier alpha value is -3.34. The number of hydrogen-bond acceptors (Lipinski definition) is 6. The summed E-state index contributed by atoms with van der Waals surface area (Å²) in [5.41, 5.74) is 6.73. The summed E-state index contributed by atoms with van der Waals surface area (Å²) in [6.07, 6.45) is 5.26. The number of allylic oxidation sites excluding steroid dienone is 5. The Balaban J connectivity index is 2.01. The van der Waals surface area contributed by atoms with Crippen LogP contribution >= 0.6 is 0 Å². The first-order valence-electron chi connectivity index (χ1n) is 6.70. The minimum atomic E-state index is -0.608. The van der Waals surface area contributed by atoms with E-state index < -0.39 is 12.1 Å². The molecular weight excluding hydrogens is 298 g/mol. The van der Waals surface area contributed by atoms with Crippen LogP contribution in [0, 0.1) is 11.8 Å². The van der Waals surface area contributed by atoms with Crippen molar-refractivity contribution in [1.29, 1.82) is 0 Å². The number of amides is 3. The van der Waals surface area contributed by atoms with Gasteiger partial charge in [0.2, 0.25) is 5.89 Å². The van der Waals surface area contributed by atoms with Gasteiger partial charge in [0, 0.05) is 12.0 Å². The predicted octanol–water partition coefficient (Wildman–Crippen LogP) is 0.769. The second-order valence-electron chi connectivity index (χ2n) is 4.64. The number of carbonyl (C=O) groups excluding carboxylic acids is 2. The smallest absolute Gasteiger partial charge is 0.322 e. The largest absolute Gasteiger partial charge is 0.404 e. The van der Waals surface area contributed by atoms with E-state index in [2.05, 4.69) is 39.3 Å². The highest BCUT2D eigenvalue weighted by molar-refractivity contribution is 6.04. The quantitative estimate of drug-likeness (QED) is 0.428. The van der Waals surface area contributed by atoms with Gasteiger partial charge in [-0.05, 0) is 18.6 Å². The lowest BCUT2D eigenvalue weighted by Gasteiger charge is -1.99. The lowest BCUT2D eigenvalue weighted by molar-refractivity contribution is -0.120. The first kappa shape index (κ1) is 16.0. The normalized spacial score (nSPS) is 18.0. The maximum atomic E-state index is 11.3. The second-order valence-corrected chi connectivity index (χ2v) is 4.64. The Morgan fingerprint density at radius 1 is 1.43 bits per heavy atom. The molecule has 2 rings (SSSR count). The molecule has 1 saturated heterocycles. The van der Waals surface area contributed by atoms with Crippen LogP contribution in [-0.2, 0) is 4.79 Å². The number of carbonyl (C=O) groups is 2. The molecule has 4 N–H and O–H groups in total. The Labute approximate surface area is 132 Å². The van der Waals surface area contributed by atoms with Crippen LogP contribution in [-0.4, -0.2) is 28.2 Å². The molecule has 1 aromatic rings. The maximum Gasteiger partial charge on any atom is 0.322 e. The van der Waals surface area contributed by atoms with Gasteiger partial charge in [-0.25, -0.2) is 4.79 Å². The number of rotatable bonds is 4. The number of urea groups is 1. The molecule has 2 heterocycles. The highest BCUT2D eigenvalue weighted by atomic mass is 16.4. The molecule has 0 spiro atoms. The number of nitrogens with one attached hydrogen (secondary N) is 2. The molecule has 8 nitrogen and oxygen atoms in total. The molecule has 1 aromatic heterocycles. The number of imide groups is 1. The van der Waals surface area contributed by atoms with Crippen LogP contribution in [0.3, 0.4) is 0 Å². The van der Waals surface area contributed by atoms with E-state index in [1.54, 1.807) is 25.2 Å². The fourth-order valence-corrected chi connectivity index (χ4v) is 1.73. The topological polar surface area (TPSA) is 123 Å². The molecular formula is C15H15N5O3. The van der Waals surface area contributed by atoms with Crippen LogP contribution in [0.5, 0.6) is 0 Å². The van der Waals surface area contributed by atoms with E-state index >= 15 is 0 Å². The van der Waals surface area contributed by atoms with Gasteiger partial charge in [-0.2, -0.15) is 0 Å². The summed E-state index contributed by atoms with van der Waals surface area (Å²) in [6, 6.07) is -1.12. The molecule has 0 saturated carbocycles. The van der Waals surface area contributed by atoms with Crippen molar-refractivity contribution in [3.05, 3.63) is 36.3 Å². The molecule has 1 aliphatic heterocycles. The van der Waals surface area contributed by atoms with Crippen molar-refractivity contribution < 1.29 is 14.0 Å². The Morgan fingerprint density at radius 3 is 2.78 bits per heavy atom. The molecule has 0 aliphatic carbocycles. The predicted molar refractivity (Wildman–Crippen MR) is 83.5 cm³/mol. The van der Waals surface area contributed by atoms with E-state index in [0.29, 0.717) is 5.57 Å². The average molecular weight is 313 g/mol. The van der Waals surface area contributed by atoms with Crippen LogP contribution in [0.15, 0.2) is 34.8 Å². The summed E-state index contributed by atoms with van der Waals surface area (Å²) >= 11 is 0. The first-order valence-corrected chi connectivity index (χ1v) is 6.70. The fourth-order valence-electron chi connectivity index (χ4n) is 1.73. The van der Waals surface area contributed by atoms with Crippen LogP contribution in [0.1, 0.15) is 19.2 Å². The Morgan fingerprint density at radius 2 is 2.22 bits per heavy atom. The molecule has 118 valence electrons. The molecule has 1 aliphatic rings. The van der Waals surface area contributed by atoms with Crippen molar-refractivity contribution in [3.8, 4) is 11.8 Å². The standard InChI is InChI=1S/C15H15N5O3/c1-3-10(13-19-20-14(16)23-13)8-7-9(2)5-4-6-11-12(21)18-15(22)17-11/h3,7-8,11H,1,6H2,2H3,(H2,16,20)(H2,17,18,21,22)/b9-7+,10-8+. The molecule has 0 radical (unpaired) electrons. The van der Waals surface area contributed by atoms with Gasteiger partial charge in [-0.1, -0.05) is 35.7 Å². The van der Waals surface area contributed by atoms with Gasteiger partial charge in [0.25, 0.3) is 5.91 Å². The van der Waals surface area contributed by atoms with Crippen molar-refractivity contribution in [2.45, 2.75) is 19.4 Å². The van der Waals surface area contributed by atoms with Gasteiger partial charge in [0.05, 0.1) is 0 Å². The summed E-state index contributed by atoms with van der Waals surface area (Å²) in [5.74, 6) is 5.63. The Kier molecular flexibility index (Phi) is 4.94. The Bertz CT molecular complexity index is 764. The molecule has 0 aromatic carbocycles. The van der Waals surface area contributed by atoms with Crippen molar-refractivity contribution in [3.63, 3.8) is 0 Å². The van der Waals surface area contributed by atoms with Gasteiger partial charge >= 0.3 is 12.0 Å². The third kappa shape index (κ3) is 4.31. The summed E-state index contributed by atoms with van der Waals surface area (Å²) in [6.45, 7) is 5.47. The zero-order valence-electron chi connectivity index (χ0n) is 12.4. The van der Waals surface area contributed by atoms with Crippen LogP contribution in [0.2, 0.25) is 0 Å². The van der Waals surface area contributed by atoms with Gasteiger partial charge in [-0.15, -0.1) is 5.10 Å². The molecule has 1 unspecified atom stereocenters. The SMILES string of the molecule is C=C/C(=C\C=C(/C)C#CCC1NC(=O)NC1=O)c1nnc(N)o1. The van der Waals surface area contributed by atoms with Gasteiger partial charge < -0.3 is 15.5 Å². The van der Waals surface area contributed by atoms with E-state index in [0.717, 1.165) is 5.57 Å². The third-order valence-electron chi connectivity index (χ3n) is 2.87. The summed E-state index contributed by atoms with van der Waals surface area (Å²) < 4.78 is 5.11. The van der Waals surface area contributed by atoms with E-state index in [1.165, 1.54) is 0 Å². The molecule has 23 heavy (non-hydrogen) atoms. The maximum absolute atomic E-state index is 11.3. The summed E-state index contributed by atoms with van der Waals surface area (Å²) in [5, 5.41) is 12.0. The van der Waals surface area contributed by atoms with Crippen LogP contribution < -0.4 is 16.4 Å². The zero-order valence-corrected chi connectivity index (χ0v) is 12.4. The van der Waals surface area contributed by atoms with Crippen molar-refractivity contribution in [2.24, 2.45) is 0 Å². The van der Waals surface area contributed by atoms with Crippen molar-refractivity contribution in [2.75, 3.05) is 5.73 Å². The molecule has 1 fully saturated rings. The number of nitrogens with zero attached hydrogens (tertiary/aromatic N) is 2. The van der Waals surface area contributed by atoms with Crippen LogP contribution in [0.4, 0.5) is 10.8 Å². The second kappa shape index (κ2) is 7.09. The monoisotopic (exact) mass is 313 g/mol. The number of nitrogen functional groups attached to an aromatic ring is 1. The number of nitrogens with two attached hydrogens (primary N) is 1. The molecule has 8 heteroatoms. The molecule has 1 atom stereocenters. The summed E-state index contributed by atoms with van der Waals surface area (Å²) in [7, 11) is 0. The van der Waals surface area contributed by atoms with Crippen LogP contribution in [0.25, 0.3) is 5.57 Å². The molecule has 0 bridgehead atoms. The minimum absolute atomic E-state index is 0.0230. The minimum Gasteiger partial charge on any atom is -0.404 e. The first-order chi connectivity index (χ1) is 11.0. The highest BCUT2D eigenvalue weighted by Crippen LogP contribution is 2.15. The number of aromatic nitrogens is 2. The lowest BCUT2D eigenvalue weighted by Crippen LogP contribution is -2.28. The third-order valence-corrected chi connectivity index (χ3v) is 2.87. The number of hydrogen-bond donors (Lipinski definition) is 3. The summed E-state index contributed by atoms with van der Waals surface area (Å²) in [4.78, 5) is 22.3. The van der Waals surface area contributed by atoms with E-state index in [9.17, 15) is 9.59 Å². The van der Waals surface area contributed by atoms with Crippen molar-refractivity contribution >= 4 is 23.5 Å². The molecule has 3 amide bonds.